The fourth-order valence-corrected chi connectivity index (χ4v) is 3.49. The van der Waals surface area contributed by atoms with Crippen LogP contribution in [0.1, 0.15) is 57.9 Å². The Hall–Kier alpha value is -2.04. The van der Waals surface area contributed by atoms with Crippen LogP contribution in [0.25, 0.3) is 0 Å². The number of hydrogen-bond donors (Lipinski definition) is 3. The molecule has 1 aromatic carbocycles. The van der Waals surface area contributed by atoms with Crippen LogP contribution in [0.4, 0.5) is 4.79 Å². The Labute approximate surface area is 157 Å². The van der Waals surface area contributed by atoms with Crippen LogP contribution in [0, 0.1) is 5.92 Å². The minimum absolute atomic E-state index is 0.0891. The van der Waals surface area contributed by atoms with Crippen molar-refractivity contribution in [2.75, 3.05) is 6.54 Å². The zero-order valence-corrected chi connectivity index (χ0v) is 16.1. The fraction of sp³-hybridized carbons (Fsp3) is 0.619. The quantitative estimate of drug-likeness (QED) is 0.666. The summed E-state index contributed by atoms with van der Waals surface area (Å²) in [5.41, 5.74) is 1.22. The lowest BCUT2D eigenvalue weighted by atomic mass is 9.90. The Balaban J connectivity index is 1.60. The summed E-state index contributed by atoms with van der Waals surface area (Å²) in [6.45, 7) is 4.73. The van der Waals surface area contributed by atoms with Gasteiger partial charge < -0.3 is 16.0 Å². The number of hydrogen-bond acceptors (Lipinski definition) is 2. The Morgan fingerprint density at radius 1 is 1.04 bits per heavy atom. The van der Waals surface area contributed by atoms with Gasteiger partial charge in [0.1, 0.15) is 0 Å². The largest absolute Gasteiger partial charge is 0.353 e. The molecule has 1 atom stereocenters. The number of urea groups is 1. The van der Waals surface area contributed by atoms with Gasteiger partial charge in [0.2, 0.25) is 5.91 Å². The van der Waals surface area contributed by atoms with Crippen molar-refractivity contribution in [1.29, 1.82) is 0 Å². The van der Waals surface area contributed by atoms with E-state index in [0.29, 0.717) is 6.54 Å². The second-order valence-electron chi connectivity index (χ2n) is 7.38. The number of carbonyl (C=O) groups is 2. The lowest BCUT2D eigenvalue weighted by molar-refractivity contribution is -0.125. The van der Waals surface area contributed by atoms with Crippen molar-refractivity contribution in [1.82, 2.24) is 16.0 Å². The smallest absolute Gasteiger partial charge is 0.315 e. The average molecular weight is 360 g/mol. The molecule has 26 heavy (non-hydrogen) atoms. The zero-order valence-electron chi connectivity index (χ0n) is 16.1. The van der Waals surface area contributed by atoms with E-state index in [4.69, 9.17) is 0 Å². The third-order valence-electron chi connectivity index (χ3n) is 5.12. The van der Waals surface area contributed by atoms with Crippen molar-refractivity contribution < 1.29 is 9.59 Å². The molecule has 1 aromatic rings. The lowest BCUT2D eigenvalue weighted by Crippen LogP contribution is -2.47. The minimum Gasteiger partial charge on any atom is -0.353 e. The molecule has 3 amide bonds. The Morgan fingerprint density at radius 3 is 2.27 bits per heavy atom. The van der Waals surface area contributed by atoms with E-state index in [1.807, 2.05) is 25.1 Å². The zero-order chi connectivity index (χ0) is 18.8. The maximum absolute atomic E-state index is 12.1. The highest BCUT2D eigenvalue weighted by Crippen LogP contribution is 2.19. The van der Waals surface area contributed by atoms with E-state index in [2.05, 4.69) is 35.0 Å². The molecule has 5 nitrogen and oxygen atoms in total. The number of benzene rings is 1. The summed E-state index contributed by atoms with van der Waals surface area (Å²) < 4.78 is 0. The predicted octanol–water partition coefficient (Wildman–Crippen LogP) is 3.39. The molecule has 5 heteroatoms. The molecular formula is C21H33N3O2. The van der Waals surface area contributed by atoms with E-state index in [-0.39, 0.29) is 29.9 Å². The van der Waals surface area contributed by atoms with Crippen LogP contribution in [-0.2, 0) is 11.2 Å². The van der Waals surface area contributed by atoms with Gasteiger partial charge in [-0.25, -0.2) is 4.79 Å². The van der Waals surface area contributed by atoms with Gasteiger partial charge in [-0.2, -0.15) is 0 Å². The highest BCUT2D eigenvalue weighted by atomic mass is 16.2. The van der Waals surface area contributed by atoms with E-state index in [1.165, 1.54) is 5.56 Å². The third-order valence-corrected chi connectivity index (χ3v) is 5.12. The highest BCUT2D eigenvalue weighted by Gasteiger charge is 2.24. The summed E-state index contributed by atoms with van der Waals surface area (Å²) in [5, 5.41) is 9.15. The van der Waals surface area contributed by atoms with Gasteiger partial charge in [0, 0.05) is 24.5 Å². The van der Waals surface area contributed by atoms with Gasteiger partial charge in [-0.15, -0.1) is 0 Å². The molecule has 1 aliphatic carbocycles. The van der Waals surface area contributed by atoms with Gasteiger partial charge in [-0.1, -0.05) is 50.6 Å². The third kappa shape index (κ3) is 7.06. The fourth-order valence-electron chi connectivity index (χ4n) is 3.49. The summed E-state index contributed by atoms with van der Waals surface area (Å²) in [4.78, 5) is 24.1. The molecule has 0 aliphatic heterocycles. The van der Waals surface area contributed by atoms with Crippen molar-refractivity contribution in [2.24, 2.45) is 5.92 Å². The SMILES string of the molecule is CCCC(C)C(=O)NC1CCC(NC(=O)NCCc2ccccc2)CC1. The number of rotatable bonds is 8. The van der Waals surface area contributed by atoms with Crippen LogP contribution < -0.4 is 16.0 Å². The minimum atomic E-state index is -0.0926. The molecule has 0 heterocycles. The standard InChI is InChI=1S/C21H33N3O2/c1-3-7-16(2)20(25)23-18-10-12-19(13-11-18)24-21(26)22-15-14-17-8-5-4-6-9-17/h4-6,8-9,16,18-19H,3,7,10-15H2,1-2H3,(H,23,25)(H2,22,24,26). The monoisotopic (exact) mass is 359 g/mol. The molecule has 0 bridgehead atoms. The molecule has 1 saturated carbocycles. The maximum atomic E-state index is 12.1. The normalized spacial score (nSPS) is 20.8. The molecule has 0 spiro atoms. The van der Waals surface area contributed by atoms with Gasteiger partial charge in [0.05, 0.1) is 0 Å². The lowest BCUT2D eigenvalue weighted by Gasteiger charge is -2.30. The van der Waals surface area contributed by atoms with Gasteiger partial charge in [-0.3, -0.25) is 4.79 Å². The average Bonchev–Trinajstić information content (AvgIpc) is 2.64. The van der Waals surface area contributed by atoms with Crippen LogP contribution >= 0.6 is 0 Å². The Bertz CT molecular complexity index is 554. The van der Waals surface area contributed by atoms with Crippen molar-refractivity contribution in [3.05, 3.63) is 35.9 Å². The summed E-state index contributed by atoms with van der Waals surface area (Å²) in [7, 11) is 0. The van der Waals surface area contributed by atoms with E-state index >= 15 is 0 Å². The van der Waals surface area contributed by atoms with E-state index in [9.17, 15) is 9.59 Å². The van der Waals surface area contributed by atoms with E-state index in [1.54, 1.807) is 0 Å². The molecule has 0 saturated heterocycles. The molecular weight excluding hydrogens is 326 g/mol. The van der Waals surface area contributed by atoms with Crippen molar-refractivity contribution in [3.63, 3.8) is 0 Å². The van der Waals surface area contributed by atoms with Gasteiger partial charge in [0.15, 0.2) is 0 Å². The topological polar surface area (TPSA) is 70.2 Å². The first kappa shape index (κ1) is 20.3. The van der Waals surface area contributed by atoms with Gasteiger partial charge >= 0.3 is 6.03 Å². The van der Waals surface area contributed by atoms with Gasteiger partial charge in [0.25, 0.3) is 0 Å². The van der Waals surface area contributed by atoms with Crippen LogP contribution in [0.2, 0.25) is 0 Å². The van der Waals surface area contributed by atoms with E-state index in [0.717, 1.165) is 44.9 Å². The van der Waals surface area contributed by atoms with Crippen LogP contribution in [0.15, 0.2) is 30.3 Å². The maximum Gasteiger partial charge on any atom is 0.315 e. The van der Waals surface area contributed by atoms with Crippen LogP contribution in [-0.4, -0.2) is 30.6 Å². The first-order valence-corrected chi connectivity index (χ1v) is 9.97. The summed E-state index contributed by atoms with van der Waals surface area (Å²) >= 11 is 0. The second-order valence-corrected chi connectivity index (χ2v) is 7.38. The van der Waals surface area contributed by atoms with Crippen molar-refractivity contribution >= 4 is 11.9 Å². The van der Waals surface area contributed by atoms with Crippen molar-refractivity contribution in [2.45, 2.75) is 70.9 Å². The summed E-state index contributed by atoms with van der Waals surface area (Å²) in [5.74, 6) is 0.258. The molecule has 3 N–H and O–H groups in total. The van der Waals surface area contributed by atoms with Crippen molar-refractivity contribution in [3.8, 4) is 0 Å². The van der Waals surface area contributed by atoms with Gasteiger partial charge in [-0.05, 0) is 44.1 Å². The summed E-state index contributed by atoms with van der Waals surface area (Å²) in [6, 6.07) is 10.5. The first-order chi connectivity index (χ1) is 12.6. The molecule has 1 fully saturated rings. The number of carbonyl (C=O) groups excluding carboxylic acids is 2. The highest BCUT2D eigenvalue weighted by molar-refractivity contribution is 5.78. The van der Waals surface area contributed by atoms with Crippen LogP contribution in [0.3, 0.4) is 0 Å². The summed E-state index contributed by atoms with van der Waals surface area (Å²) in [6.07, 6.45) is 6.50. The molecule has 0 aromatic heterocycles. The predicted molar refractivity (Wildman–Crippen MR) is 105 cm³/mol. The van der Waals surface area contributed by atoms with E-state index < -0.39 is 0 Å². The molecule has 144 valence electrons. The number of nitrogens with one attached hydrogen (secondary N) is 3. The molecule has 1 aliphatic rings. The second kappa shape index (κ2) is 10.8. The Morgan fingerprint density at radius 2 is 1.65 bits per heavy atom. The first-order valence-electron chi connectivity index (χ1n) is 9.97. The molecule has 0 radical (unpaired) electrons. The number of amides is 3. The Kier molecular flexibility index (Phi) is 8.45. The molecule has 2 rings (SSSR count). The van der Waals surface area contributed by atoms with Crippen LogP contribution in [0.5, 0.6) is 0 Å². The molecule has 1 unspecified atom stereocenters.